The van der Waals surface area contributed by atoms with Gasteiger partial charge in [0.1, 0.15) is 17.7 Å². The molecule has 2 unspecified atom stereocenters. The second kappa shape index (κ2) is 6.19. The number of hydrogen-bond donors (Lipinski definition) is 1. The number of quaternary nitrogens is 1. The van der Waals surface area contributed by atoms with Gasteiger partial charge in [-0.2, -0.15) is 0 Å². The molecule has 1 heterocycles. The second-order valence-corrected chi connectivity index (χ2v) is 7.22. The van der Waals surface area contributed by atoms with Crippen molar-refractivity contribution in [1.82, 2.24) is 4.90 Å². The van der Waals surface area contributed by atoms with Gasteiger partial charge >= 0.3 is 12.1 Å². The number of carbonyl (C=O) groups excluding carboxylic acids is 2. The summed E-state index contributed by atoms with van der Waals surface area (Å²) in [5.74, 6) is -0.568. The first-order valence-electron chi connectivity index (χ1n) is 7.13. The fourth-order valence-corrected chi connectivity index (χ4v) is 1.95. The Morgan fingerprint density at radius 1 is 1.10 bits per heavy atom. The topological polar surface area (TPSA) is 83.3 Å². The number of nitrogens with one attached hydrogen (secondary N) is 1. The molecule has 0 aliphatic carbocycles. The molecule has 0 aromatic carbocycles. The Hall–Kier alpha value is -1.34. The third-order valence-electron chi connectivity index (χ3n) is 2.74. The number of amides is 1. The molecule has 1 amide bonds. The number of ether oxygens (including phenoxy) is 2. The molecule has 1 saturated heterocycles. The normalized spacial score (nSPS) is 23.7. The lowest BCUT2D eigenvalue weighted by molar-refractivity contribution is -0.855. The van der Waals surface area contributed by atoms with Crippen molar-refractivity contribution in [2.24, 2.45) is 0 Å². The predicted molar refractivity (Wildman–Crippen MR) is 76.6 cm³/mol. The minimum Gasteiger partial charge on any atom is -0.634 e. The van der Waals surface area contributed by atoms with Crippen molar-refractivity contribution in [3.05, 3.63) is 5.21 Å². The average molecular weight is 302 g/mol. The minimum absolute atomic E-state index is 0.0197. The molecular weight excluding hydrogens is 276 g/mol. The van der Waals surface area contributed by atoms with Crippen molar-refractivity contribution in [2.75, 3.05) is 19.6 Å². The van der Waals surface area contributed by atoms with E-state index in [1.54, 1.807) is 41.5 Å². The Labute approximate surface area is 125 Å². The van der Waals surface area contributed by atoms with Gasteiger partial charge in [0, 0.05) is 0 Å². The Morgan fingerprint density at radius 3 is 2.10 bits per heavy atom. The lowest BCUT2D eigenvalue weighted by Crippen LogP contribution is -3.11. The maximum Gasteiger partial charge on any atom is 0.411 e. The molecule has 0 spiro atoms. The average Bonchev–Trinajstić information content (AvgIpc) is 2.23. The van der Waals surface area contributed by atoms with Gasteiger partial charge in [-0.25, -0.2) is 9.59 Å². The summed E-state index contributed by atoms with van der Waals surface area (Å²) in [6, 6.07) is -0.902. The third kappa shape index (κ3) is 5.89. The summed E-state index contributed by atoms with van der Waals surface area (Å²) in [5, 5.41) is 11.6. The van der Waals surface area contributed by atoms with Crippen LogP contribution in [-0.2, 0) is 14.3 Å². The number of esters is 1. The Bertz CT molecular complexity index is 397. The van der Waals surface area contributed by atoms with Crippen LogP contribution in [0.2, 0.25) is 0 Å². The van der Waals surface area contributed by atoms with E-state index < -0.39 is 29.3 Å². The summed E-state index contributed by atoms with van der Waals surface area (Å²) in [6.45, 7) is 10.9. The first-order valence-corrected chi connectivity index (χ1v) is 7.13. The molecular formula is C14H26N2O5. The molecule has 0 aromatic heterocycles. The smallest absolute Gasteiger partial charge is 0.411 e. The lowest BCUT2D eigenvalue weighted by atomic mass is 10.1. The van der Waals surface area contributed by atoms with E-state index >= 15 is 0 Å². The van der Waals surface area contributed by atoms with Crippen LogP contribution in [0.15, 0.2) is 0 Å². The zero-order valence-electron chi connectivity index (χ0n) is 13.7. The molecule has 0 radical (unpaired) electrons. The van der Waals surface area contributed by atoms with Crippen LogP contribution in [-0.4, -0.2) is 53.8 Å². The maximum absolute atomic E-state index is 12.2. The van der Waals surface area contributed by atoms with Crippen LogP contribution in [0.4, 0.5) is 4.79 Å². The Morgan fingerprint density at radius 2 is 1.62 bits per heavy atom. The third-order valence-corrected chi connectivity index (χ3v) is 2.74. The fourth-order valence-electron chi connectivity index (χ4n) is 1.95. The van der Waals surface area contributed by atoms with E-state index in [4.69, 9.17) is 9.47 Å². The molecule has 1 N–H and O–H groups in total. The molecule has 1 rings (SSSR count). The fraction of sp³-hybridized carbons (Fsp3) is 0.857. The van der Waals surface area contributed by atoms with E-state index in [9.17, 15) is 14.8 Å². The molecule has 1 fully saturated rings. The highest BCUT2D eigenvalue weighted by Gasteiger charge is 2.40. The number of hydrogen-bond acceptors (Lipinski definition) is 5. The monoisotopic (exact) mass is 302 g/mol. The van der Waals surface area contributed by atoms with Crippen LogP contribution in [0.3, 0.4) is 0 Å². The number of carbonyl (C=O) groups is 2. The summed E-state index contributed by atoms with van der Waals surface area (Å²) in [7, 11) is 0. The molecule has 21 heavy (non-hydrogen) atoms. The summed E-state index contributed by atoms with van der Waals surface area (Å²) in [6.07, 6.45) is -0.592. The molecule has 0 aromatic rings. The highest BCUT2D eigenvalue weighted by Crippen LogP contribution is 2.15. The zero-order valence-corrected chi connectivity index (χ0v) is 13.7. The van der Waals surface area contributed by atoms with Gasteiger partial charge in [0.05, 0.1) is 13.1 Å². The molecule has 7 heteroatoms. The van der Waals surface area contributed by atoms with Crippen molar-refractivity contribution in [1.29, 1.82) is 0 Å². The maximum atomic E-state index is 12.2. The van der Waals surface area contributed by atoms with Crippen LogP contribution in [0.5, 0.6) is 0 Å². The van der Waals surface area contributed by atoms with Gasteiger partial charge in [0.15, 0.2) is 6.04 Å². The first kappa shape index (κ1) is 17.7. The van der Waals surface area contributed by atoms with Gasteiger partial charge in [0.25, 0.3) is 0 Å². The number of piperazine rings is 1. The molecule has 7 nitrogen and oxygen atoms in total. The quantitative estimate of drug-likeness (QED) is 0.557. The Kier molecular flexibility index (Phi) is 5.22. The number of hydroxylamine groups is 2. The lowest BCUT2D eigenvalue weighted by Gasteiger charge is -2.40. The second-order valence-electron chi connectivity index (χ2n) is 7.22. The molecule has 0 saturated carbocycles. The van der Waals surface area contributed by atoms with E-state index in [0.29, 0.717) is 0 Å². The highest BCUT2D eigenvalue weighted by molar-refractivity contribution is 5.82. The van der Waals surface area contributed by atoms with E-state index in [2.05, 4.69) is 0 Å². The van der Waals surface area contributed by atoms with Crippen molar-refractivity contribution in [3.8, 4) is 0 Å². The Balaban J connectivity index is 2.84. The predicted octanol–water partition coefficient (Wildman–Crippen LogP) is 0.330. The van der Waals surface area contributed by atoms with E-state index in [-0.39, 0.29) is 24.7 Å². The number of rotatable bonds is 1. The van der Waals surface area contributed by atoms with Crippen molar-refractivity contribution in [3.63, 3.8) is 0 Å². The van der Waals surface area contributed by atoms with Crippen LogP contribution in [0.1, 0.15) is 41.5 Å². The van der Waals surface area contributed by atoms with Gasteiger partial charge in [-0.3, -0.25) is 4.90 Å². The molecule has 1 aliphatic heterocycles. The first-order chi connectivity index (χ1) is 9.39. The van der Waals surface area contributed by atoms with Gasteiger partial charge in [-0.05, 0) is 41.5 Å². The van der Waals surface area contributed by atoms with E-state index in [1.165, 1.54) is 4.90 Å². The summed E-state index contributed by atoms with van der Waals surface area (Å²) in [5.41, 5.74) is -1.33. The van der Waals surface area contributed by atoms with Crippen LogP contribution < -0.4 is 5.06 Å². The number of nitrogens with zero attached hydrogens (tertiary/aromatic N) is 1. The van der Waals surface area contributed by atoms with Crippen molar-refractivity contribution < 1.29 is 24.1 Å². The SMILES string of the molecule is CC(C)(C)OC(=O)C1C[NH+]([O-])CCN1C(=O)OC(C)(C)C. The highest BCUT2D eigenvalue weighted by atomic mass is 16.6. The molecule has 2 atom stereocenters. The largest absolute Gasteiger partial charge is 0.634 e. The summed E-state index contributed by atoms with van der Waals surface area (Å²) >= 11 is 0. The molecule has 1 aliphatic rings. The van der Waals surface area contributed by atoms with Gasteiger partial charge < -0.3 is 19.7 Å². The van der Waals surface area contributed by atoms with E-state index in [1.807, 2.05) is 0 Å². The molecule has 0 bridgehead atoms. The summed E-state index contributed by atoms with van der Waals surface area (Å²) in [4.78, 5) is 25.7. The van der Waals surface area contributed by atoms with Crippen molar-refractivity contribution >= 4 is 12.1 Å². The van der Waals surface area contributed by atoms with Crippen molar-refractivity contribution in [2.45, 2.75) is 58.8 Å². The van der Waals surface area contributed by atoms with Gasteiger partial charge in [-0.15, -0.1) is 0 Å². The van der Waals surface area contributed by atoms with E-state index in [0.717, 1.165) is 0 Å². The standard InChI is InChI=1S/C14H26N2O5/c1-13(2,3)20-11(17)10-9-15(19)7-8-16(10)12(18)21-14(4,5)6/h10,15H,7-9H2,1-6H3. The van der Waals surface area contributed by atoms with Crippen LogP contribution >= 0.6 is 0 Å². The molecule has 122 valence electrons. The zero-order chi connectivity index (χ0) is 16.4. The summed E-state index contributed by atoms with van der Waals surface area (Å²) < 4.78 is 10.6. The van der Waals surface area contributed by atoms with Crippen LogP contribution in [0.25, 0.3) is 0 Å². The van der Waals surface area contributed by atoms with Gasteiger partial charge in [-0.1, -0.05) is 0 Å². The minimum atomic E-state index is -0.902. The van der Waals surface area contributed by atoms with Crippen LogP contribution in [0, 0.1) is 5.21 Å². The van der Waals surface area contributed by atoms with Gasteiger partial charge in [0.2, 0.25) is 0 Å².